The maximum Gasteiger partial charge on any atom is 0.975 e. The summed E-state index contributed by atoms with van der Waals surface area (Å²) in [5, 5.41) is 0. The molecule has 0 unspecified atom stereocenters. The summed E-state index contributed by atoms with van der Waals surface area (Å²) >= 11 is 0. The van der Waals surface area contributed by atoms with E-state index in [4.69, 9.17) is 17.7 Å². The Labute approximate surface area is 295 Å². The lowest BCUT2D eigenvalue weighted by molar-refractivity contribution is -0.158. The Morgan fingerprint density at radius 3 is 0.735 bits per heavy atom. The van der Waals surface area contributed by atoms with Crippen LogP contribution in [0.15, 0.2) is 46.6 Å². The Bertz CT molecular complexity index is 1070. The van der Waals surface area contributed by atoms with Crippen LogP contribution in [0, 0.1) is 23.7 Å². The zero-order chi connectivity index (χ0) is 35.2. The van der Waals surface area contributed by atoms with Crippen molar-refractivity contribution < 1.29 is 36.9 Å². The highest BCUT2D eigenvalue weighted by Crippen LogP contribution is 2.31. The van der Waals surface area contributed by atoms with Gasteiger partial charge in [-0.3, -0.25) is 0 Å². The van der Waals surface area contributed by atoms with Crippen LogP contribution >= 0.6 is 0 Å². The summed E-state index contributed by atoms with van der Waals surface area (Å²) in [5.74, 6) is -2.47. The number of hydrogen-bond acceptors (Lipinski definition) is 8. The lowest BCUT2D eigenvalue weighted by atomic mass is 9.88. The summed E-state index contributed by atoms with van der Waals surface area (Å²) < 4.78 is 23.6. The molecule has 0 aromatic heterocycles. The van der Waals surface area contributed by atoms with E-state index < -0.39 is 32.9 Å². The van der Waals surface area contributed by atoms with Crippen LogP contribution < -0.4 is 0 Å². The van der Waals surface area contributed by atoms with Gasteiger partial charge in [-0.25, -0.2) is 19.2 Å². The van der Waals surface area contributed by atoms with Crippen LogP contribution in [0.5, 0.6) is 0 Å². The summed E-state index contributed by atoms with van der Waals surface area (Å²) in [6.45, 7) is 6.55. The number of hydrogen-bond donors (Lipinski definition) is 0. The van der Waals surface area contributed by atoms with Gasteiger partial charge in [-0.15, -0.1) is 0 Å². The van der Waals surface area contributed by atoms with Gasteiger partial charge >= 0.3 is 32.9 Å². The van der Waals surface area contributed by atoms with E-state index in [0.29, 0.717) is 22.3 Å². The van der Waals surface area contributed by atoms with Crippen molar-refractivity contribution in [2.24, 2.45) is 23.7 Å². The quantitative estimate of drug-likeness (QED) is 0.147. The van der Waals surface area contributed by atoms with E-state index in [1.807, 2.05) is 24.3 Å². The van der Waals surface area contributed by atoms with Gasteiger partial charge in [-0.1, -0.05) is 101 Å². The molecule has 0 aromatic carbocycles. The highest BCUT2D eigenvalue weighted by atomic mass is 28.4. The third kappa shape index (κ3) is 12.7. The molecule has 0 atom stereocenters. The van der Waals surface area contributed by atoms with E-state index in [0.717, 1.165) is 103 Å². The number of carbonyl (C=O) groups excluding carboxylic acids is 4. The molecule has 0 aromatic rings. The molecular weight excluding hydrogens is 637 g/mol. The molecule has 0 bridgehead atoms. The first-order valence-corrected chi connectivity index (χ1v) is 20.8. The zero-order valence-electron chi connectivity index (χ0n) is 30.5. The van der Waals surface area contributed by atoms with Crippen LogP contribution in [0.3, 0.4) is 0 Å². The fourth-order valence-electron chi connectivity index (χ4n) is 7.79. The molecule has 49 heavy (non-hydrogen) atoms. The SMILES string of the molecule is CC(=CC1CCCCC1)C(=O)O[Si](OC(=O)C(C)=CC1CCCCC1)(OC(=O)C(C)=CC1CCCCC1)OC(=O)C(C)=CC1CCCCC1. The Hall–Kier alpha value is -2.94. The van der Waals surface area contributed by atoms with Crippen LogP contribution in [0.1, 0.15) is 156 Å². The smallest absolute Gasteiger partial charge is 0.419 e. The minimum absolute atomic E-state index is 0.215. The molecule has 8 nitrogen and oxygen atoms in total. The topological polar surface area (TPSA) is 105 Å². The third-order valence-electron chi connectivity index (χ3n) is 10.7. The van der Waals surface area contributed by atoms with Crippen molar-refractivity contribution in [2.45, 2.75) is 156 Å². The summed E-state index contributed by atoms with van der Waals surface area (Å²) in [6, 6.07) is 0. The molecule has 4 saturated carbocycles. The molecule has 4 aliphatic rings. The van der Waals surface area contributed by atoms with Crippen LogP contribution in [0.2, 0.25) is 0 Å². The van der Waals surface area contributed by atoms with Gasteiger partial charge in [0.1, 0.15) is 0 Å². The second-order valence-corrected chi connectivity index (χ2v) is 16.9. The molecule has 4 rings (SSSR count). The molecule has 0 aliphatic heterocycles. The van der Waals surface area contributed by atoms with Crippen LogP contribution in [0.4, 0.5) is 0 Å². The summed E-state index contributed by atoms with van der Waals surface area (Å²) in [6.07, 6.45) is 28.6. The van der Waals surface area contributed by atoms with Gasteiger partial charge in [0.05, 0.1) is 0 Å². The van der Waals surface area contributed by atoms with Crippen molar-refractivity contribution in [1.82, 2.24) is 0 Å². The number of allylic oxidation sites excluding steroid dienone is 4. The van der Waals surface area contributed by atoms with Crippen molar-refractivity contribution in [2.75, 3.05) is 0 Å². The zero-order valence-corrected chi connectivity index (χ0v) is 31.5. The third-order valence-corrected chi connectivity index (χ3v) is 12.4. The molecular formula is C40H60O8Si. The maximum atomic E-state index is 13.8. The van der Waals surface area contributed by atoms with Crippen LogP contribution in [-0.2, 0) is 36.9 Å². The Balaban J connectivity index is 1.68. The average molecular weight is 697 g/mol. The summed E-state index contributed by atoms with van der Waals surface area (Å²) in [7, 11) is -5.12. The van der Waals surface area contributed by atoms with E-state index in [-0.39, 0.29) is 23.7 Å². The molecule has 272 valence electrons. The summed E-state index contributed by atoms with van der Waals surface area (Å²) in [5.41, 5.74) is 1.19. The van der Waals surface area contributed by atoms with E-state index in [2.05, 4.69) is 0 Å². The fourth-order valence-corrected chi connectivity index (χ4v) is 9.59. The minimum Gasteiger partial charge on any atom is -0.419 e. The largest absolute Gasteiger partial charge is 0.975 e. The highest BCUT2D eigenvalue weighted by Gasteiger charge is 2.63. The molecule has 9 heteroatoms. The molecule has 0 saturated heterocycles. The standard InChI is InChI=1S/C40H60O8Si/c1-29(25-33-17-9-5-10-18-33)37(41)45-49(46-38(42)30(2)26-34-19-11-6-12-20-34,47-39(43)31(3)27-35-21-13-7-14-22-35)48-40(44)32(4)28-36-23-15-8-16-24-36/h25-28,33-36H,5-24H2,1-4H3. The van der Waals surface area contributed by atoms with Crippen LogP contribution in [-0.4, -0.2) is 32.9 Å². The molecule has 0 N–H and O–H groups in total. The van der Waals surface area contributed by atoms with E-state index in [1.165, 1.54) is 25.7 Å². The van der Waals surface area contributed by atoms with Gasteiger partial charge in [-0.05, 0) is 103 Å². The first-order valence-electron chi connectivity index (χ1n) is 19.2. The minimum atomic E-state index is -5.12. The number of carbonyl (C=O) groups is 4. The van der Waals surface area contributed by atoms with Gasteiger partial charge in [0, 0.05) is 22.3 Å². The van der Waals surface area contributed by atoms with Gasteiger partial charge in [-0.2, -0.15) is 0 Å². The normalized spacial score (nSPS) is 22.9. The van der Waals surface area contributed by atoms with E-state index in [1.54, 1.807) is 27.7 Å². The predicted octanol–water partition coefficient (Wildman–Crippen LogP) is 9.70. The van der Waals surface area contributed by atoms with Crippen molar-refractivity contribution in [3.05, 3.63) is 46.6 Å². The molecule has 0 heterocycles. The maximum absolute atomic E-state index is 13.8. The lowest BCUT2D eigenvalue weighted by Gasteiger charge is -2.27. The predicted molar refractivity (Wildman–Crippen MR) is 191 cm³/mol. The Kier molecular flexibility index (Phi) is 15.4. The Morgan fingerprint density at radius 1 is 0.367 bits per heavy atom. The first-order chi connectivity index (χ1) is 23.5. The highest BCUT2D eigenvalue weighted by molar-refractivity contribution is 6.62. The average Bonchev–Trinajstić information content (AvgIpc) is 3.09. The molecule has 4 aliphatic carbocycles. The second kappa shape index (κ2) is 19.4. The van der Waals surface area contributed by atoms with Crippen LogP contribution in [0.25, 0.3) is 0 Å². The second-order valence-electron chi connectivity index (χ2n) is 15.0. The molecule has 4 fully saturated rings. The lowest BCUT2D eigenvalue weighted by Crippen LogP contribution is -2.55. The van der Waals surface area contributed by atoms with Crippen molar-refractivity contribution in [3.63, 3.8) is 0 Å². The van der Waals surface area contributed by atoms with Crippen molar-refractivity contribution >= 4 is 32.9 Å². The van der Waals surface area contributed by atoms with E-state index in [9.17, 15) is 19.2 Å². The first kappa shape index (κ1) is 38.9. The fraction of sp³-hybridized carbons (Fsp3) is 0.700. The molecule has 0 amide bonds. The number of rotatable bonds is 12. The Morgan fingerprint density at radius 2 is 0.551 bits per heavy atom. The molecule has 0 spiro atoms. The van der Waals surface area contributed by atoms with Gasteiger partial charge in [0.2, 0.25) is 0 Å². The molecule has 0 radical (unpaired) electrons. The summed E-state index contributed by atoms with van der Waals surface area (Å²) in [4.78, 5) is 55.1. The van der Waals surface area contributed by atoms with Gasteiger partial charge < -0.3 is 17.7 Å². The van der Waals surface area contributed by atoms with Crippen molar-refractivity contribution in [1.29, 1.82) is 0 Å². The van der Waals surface area contributed by atoms with E-state index >= 15 is 0 Å². The van der Waals surface area contributed by atoms with Gasteiger partial charge in [0.25, 0.3) is 0 Å². The van der Waals surface area contributed by atoms with Gasteiger partial charge in [0.15, 0.2) is 0 Å². The van der Waals surface area contributed by atoms with Crippen molar-refractivity contribution in [3.8, 4) is 0 Å². The monoisotopic (exact) mass is 696 g/mol.